The molecule has 2 aromatic rings. The highest BCUT2D eigenvalue weighted by atomic mass is 79.9. The van der Waals surface area contributed by atoms with Gasteiger partial charge in [0.15, 0.2) is 0 Å². The van der Waals surface area contributed by atoms with Crippen molar-refractivity contribution < 1.29 is 4.39 Å². The number of aryl methyl sites for hydroxylation is 2. The first-order valence-electron chi connectivity index (χ1n) is 6.22. The number of benzene rings is 2. The molecule has 0 heterocycles. The Morgan fingerprint density at radius 1 is 1.05 bits per heavy atom. The van der Waals surface area contributed by atoms with Gasteiger partial charge >= 0.3 is 0 Å². The van der Waals surface area contributed by atoms with Crippen molar-refractivity contribution in [3.05, 3.63) is 68.9 Å². The lowest BCUT2D eigenvalue weighted by Gasteiger charge is -2.20. The quantitative estimate of drug-likeness (QED) is 0.876. The summed E-state index contributed by atoms with van der Waals surface area (Å²) in [5, 5.41) is 3.27. The van der Waals surface area contributed by atoms with Crippen molar-refractivity contribution >= 4 is 15.9 Å². The maximum Gasteiger partial charge on any atom is 0.123 e. The van der Waals surface area contributed by atoms with Gasteiger partial charge in [0.2, 0.25) is 0 Å². The van der Waals surface area contributed by atoms with Crippen LogP contribution in [-0.4, -0.2) is 7.05 Å². The van der Waals surface area contributed by atoms with Crippen LogP contribution in [0.2, 0.25) is 0 Å². The van der Waals surface area contributed by atoms with Gasteiger partial charge in [-0.1, -0.05) is 34.1 Å². The molecule has 1 N–H and O–H groups in total. The van der Waals surface area contributed by atoms with E-state index in [1.165, 1.54) is 11.6 Å². The Balaban J connectivity index is 2.49. The zero-order valence-electron chi connectivity index (χ0n) is 11.3. The normalized spacial score (nSPS) is 12.5. The summed E-state index contributed by atoms with van der Waals surface area (Å²) in [7, 11) is 1.90. The zero-order valence-corrected chi connectivity index (χ0v) is 12.9. The molecule has 0 fully saturated rings. The second kappa shape index (κ2) is 5.85. The molecule has 3 heteroatoms. The van der Waals surface area contributed by atoms with Crippen LogP contribution in [0.15, 0.2) is 40.9 Å². The fourth-order valence-corrected chi connectivity index (χ4v) is 2.52. The Kier molecular flexibility index (Phi) is 4.38. The fourth-order valence-electron chi connectivity index (χ4n) is 2.27. The predicted molar refractivity (Wildman–Crippen MR) is 80.9 cm³/mol. The third-order valence-corrected chi connectivity index (χ3v) is 4.25. The molecule has 2 rings (SSSR count). The predicted octanol–water partition coefficient (Wildman–Crippen LogP) is 4.51. The lowest BCUT2D eigenvalue weighted by molar-refractivity contribution is 0.615. The molecule has 0 spiro atoms. The summed E-state index contributed by atoms with van der Waals surface area (Å²) < 4.78 is 14.6. The van der Waals surface area contributed by atoms with Crippen LogP contribution in [0.3, 0.4) is 0 Å². The van der Waals surface area contributed by atoms with E-state index >= 15 is 0 Å². The Hall–Kier alpha value is -1.19. The lowest BCUT2D eigenvalue weighted by atomic mass is 9.94. The zero-order chi connectivity index (χ0) is 14.0. The standard InChI is InChI=1S/C16H17BrFN/c1-10-4-6-13(18)9-14(10)16(19-3)12-5-7-15(17)11(2)8-12/h4-9,16,19H,1-3H3. The molecule has 0 aliphatic rings. The first-order valence-corrected chi connectivity index (χ1v) is 7.01. The lowest BCUT2D eigenvalue weighted by Crippen LogP contribution is -2.19. The molecule has 0 saturated carbocycles. The van der Waals surface area contributed by atoms with E-state index in [1.807, 2.05) is 26.1 Å². The van der Waals surface area contributed by atoms with Crippen molar-refractivity contribution in [3.63, 3.8) is 0 Å². The van der Waals surface area contributed by atoms with Gasteiger partial charge in [-0.3, -0.25) is 0 Å². The summed E-state index contributed by atoms with van der Waals surface area (Å²) in [6, 6.07) is 11.1. The van der Waals surface area contributed by atoms with E-state index in [9.17, 15) is 4.39 Å². The number of rotatable bonds is 3. The van der Waals surface area contributed by atoms with Gasteiger partial charge in [-0.2, -0.15) is 0 Å². The van der Waals surface area contributed by atoms with Crippen LogP contribution < -0.4 is 5.32 Å². The number of hydrogen-bond acceptors (Lipinski definition) is 1. The Labute approximate surface area is 122 Å². The van der Waals surface area contributed by atoms with Crippen LogP contribution >= 0.6 is 15.9 Å². The van der Waals surface area contributed by atoms with Gasteiger partial charge in [-0.15, -0.1) is 0 Å². The summed E-state index contributed by atoms with van der Waals surface area (Å²) >= 11 is 3.50. The molecular formula is C16H17BrFN. The van der Waals surface area contributed by atoms with Gasteiger partial charge in [0.1, 0.15) is 5.82 Å². The summed E-state index contributed by atoms with van der Waals surface area (Å²) in [6.45, 7) is 4.06. The van der Waals surface area contributed by atoms with Crippen LogP contribution in [0.4, 0.5) is 4.39 Å². The SMILES string of the molecule is CNC(c1ccc(Br)c(C)c1)c1cc(F)ccc1C. The average Bonchev–Trinajstić information content (AvgIpc) is 2.38. The molecule has 1 atom stereocenters. The average molecular weight is 322 g/mol. The summed E-state index contributed by atoms with van der Waals surface area (Å²) in [6.07, 6.45) is 0. The molecular weight excluding hydrogens is 305 g/mol. The van der Waals surface area contributed by atoms with Crippen LogP contribution in [-0.2, 0) is 0 Å². The summed E-state index contributed by atoms with van der Waals surface area (Å²) in [5.74, 6) is -0.199. The molecule has 2 aromatic carbocycles. The minimum absolute atomic E-state index is 0.00231. The molecule has 0 aromatic heterocycles. The van der Waals surface area contributed by atoms with Crippen molar-refractivity contribution in [2.24, 2.45) is 0 Å². The van der Waals surface area contributed by atoms with Crippen molar-refractivity contribution in [1.29, 1.82) is 0 Å². The summed E-state index contributed by atoms with van der Waals surface area (Å²) in [5.41, 5.74) is 4.37. The van der Waals surface area contributed by atoms with Crippen LogP contribution in [0.1, 0.15) is 28.3 Å². The molecule has 19 heavy (non-hydrogen) atoms. The second-order valence-corrected chi connectivity index (χ2v) is 5.59. The van der Waals surface area contributed by atoms with Crippen molar-refractivity contribution in [1.82, 2.24) is 5.32 Å². The van der Waals surface area contributed by atoms with Crippen molar-refractivity contribution in [3.8, 4) is 0 Å². The smallest absolute Gasteiger partial charge is 0.123 e. The molecule has 0 aliphatic heterocycles. The van der Waals surface area contributed by atoms with Gasteiger partial charge in [0.25, 0.3) is 0 Å². The Morgan fingerprint density at radius 2 is 1.79 bits per heavy atom. The third-order valence-electron chi connectivity index (χ3n) is 3.36. The van der Waals surface area contributed by atoms with Gasteiger partial charge in [-0.05, 0) is 61.3 Å². The molecule has 0 saturated heterocycles. The maximum absolute atomic E-state index is 13.5. The van der Waals surface area contributed by atoms with E-state index in [1.54, 1.807) is 6.07 Å². The first kappa shape index (κ1) is 14.2. The van der Waals surface area contributed by atoms with Gasteiger partial charge < -0.3 is 5.32 Å². The molecule has 1 nitrogen and oxygen atoms in total. The second-order valence-electron chi connectivity index (χ2n) is 4.73. The van der Waals surface area contributed by atoms with Gasteiger partial charge in [0.05, 0.1) is 6.04 Å². The first-order chi connectivity index (χ1) is 9.02. The number of halogens is 2. The van der Waals surface area contributed by atoms with E-state index in [-0.39, 0.29) is 11.9 Å². The van der Waals surface area contributed by atoms with Crippen molar-refractivity contribution in [2.45, 2.75) is 19.9 Å². The number of hydrogen-bond donors (Lipinski definition) is 1. The minimum Gasteiger partial charge on any atom is -0.309 e. The molecule has 0 bridgehead atoms. The topological polar surface area (TPSA) is 12.0 Å². The van der Waals surface area contributed by atoms with Crippen LogP contribution in [0.25, 0.3) is 0 Å². The van der Waals surface area contributed by atoms with Crippen LogP contribution in [0.5, 0.6) is 0 Å². The highest BCUT2D eigenvalue weighted by Crippen LogP contribution is 2.28. The molecule has 1 unspecified atom stereocenters. The third kappa shape index (κ3) is 3.04. The Morgan fingerprint density at radius 3 is 2.42 bits per heavy atom. The monoisotopic (exact) mass is 321 g/mol. The number of nitrogens with one attached hydrogen (secondary N) is 1. The summed E-state index contributed by atoms with van der Waals surface area (Å²) in [4.78, 5) is 0. The highest BCUT2D eigenvalue weighted by molar-refractivity contribution is 9.10. The fraction of sp³-hybridized carbons (Fsp3) is 0.250. The van der Waals surface area contributed by atoms with Gasteiger partial charge in [0, 0.05) is 4.47 Å². The van der Waals surface area contributed by atoms with E-state index in [2.05, 4.69) is 40.3 Å². The minimum atomic E-state index is -0.199. The van der Waals surface area contributed by atoms with E-state index in [0.29, 0.717) is 0 Å². The highest BCUT2D eigenvalue weighted by Gasteiger charge is 2.15. The maximum atomic E-state index is 13.5. The molecule has 0 radical (unpaired) electrons. The molecule has 100 valence electrons. The van der Waals surface area contributed by atoms with E-state index in [0.717, 1.165) is 21.2 Å². The van der Waals surface area contributed by atoms with E-state index in [4.69, 9.17) is 0 Å². The molecule has 0 amide bonds. The van der Waals surface area contributed by atoms with Crippen molar-refractivity contribution in [2.75, 3.05) is 7.05 Å². The van der Waals surface area contributed by atoms with Gasteiger partial charge in [-0.25, -0.2) is 4.39 Å². The van der Waals surface area contributed by atoms with E-state index < -0.39 is 0 Å². The largest absolute Gasteiger partial charge is 0.309 e. The Bertz CT molecular complexity index is 595. The molecule has 0 aliphatic carbocycles. The van der Waals surface area contributed by atoms with Crippen LogP contribution in [0, 0.1) is 19.7 Å².